The quantitative estimate of drug-likeness (QED) is 0.338. The first-order valence-electron chi connectivity index (χ1n) is 15.8. The molecule has 0 fully saturated rings. The fourth-order valence-corrected chi connectivity index (χ4v) is 6.48. The maximum atomic E-state index is 14.3. The van der Waals surface area contributed by atoms with Crippen LogP contribution in [0.1, 0.15) is 60.7 Å². The summed E-state index contributed by atoms with van der Waals surface area (Å²) in [6.45, 7) is 6.17. The number of nitrogens with one attached hydrogen (secondary N) is 1. The number of aliphatic hydroxyl groups is 1. The minimum atomic E-state index is -4.09. The number of halogens is 1. The van der Waals surface area contributed by atoms with E-state index in [2.05, 4.69) is 4.72 Å². The summed E-state index contributed by atoms with van der Waals surface area (Å²) >= 11 is 0. The van der Waals surface area contributed by atoms with Crippen molar-refractivity contribution in [3.05, 3.63) is 89.7 Å². The van der Waals surface area contributed by atoms with Crippen molar-refractivity contribution < 1.29 is 37.0 Å². The van der Waals surface area contributed by atoms with Crippen LogP contribution in [0.15, 0.2) is 77.7 Å². The van der Waals surface area contributed by atoms with Crippen molar-refractivity contribution in [2.45, 2.75) is 63.2 Å². The topological polar surface area (TPSA) is 125 Å². The van der Waals surface area contributed by atoms with E-state index in [1.807, 2.05) is 32.0 Å². The van der Waals surface area contributed by atoms with Gasteiger partial charge in [-0.1, -0.05) is 25.1 Å². The Bertz CT molecular complexity index is 1610. The number of fused-ring (bicyclic) bond motifs is 1. The second-order valence-corrected chi connectivity index (χ2v) is 13.8. The number of nitrogens with zero attached hydrogens (tertiary/aromatic N) is 2. The van der Waals surface area contributed by atoms with Crippen LogP contribution in [0.3, 0.4) is 0 Å². The maximum absolute atomic E-state index is 14.3. The third kappa shape index (κ3) is 9.52. The second-order valence-electron chi connectivity index (χ2n) is 12.1. The summed E-state index contributed by atoms with van der Waals surface area (Å²) in [5.74, 6) is -1.15. The summed E-state index contributed by atoms with van der Waals surface area (Å²) in [4.78, 5) is 30.5. The van der Waals surface area contributed by atoms with Crippen LogP contribution >= 0.6 is 0 Å². The first-order valence-corrected chi connectivity index (χ1v) is 17.3. The van der Waals surface area contributed by atoms with Crippen molar-refractivity contribution in [2.75, 3.05) is 38.1 Å². The molecule has 0 bridgehead atoms. The van der Waals surface area contributed by atoms with Gasteiger partial charge >= 0.3 is 0 Å². The lowest BCUT2D eigenvalue weighted by Crippen LogP contribution is -2.48. The normalized spacial score (nSPS) is 20.3. The molecule has 3 aromatic rings. The molecule has 4 atom stereocenters. The number of aliphatic hydroxyl groups excluding tert-OH is 1. The molecule has 0 spiro atoms. The Morgan fingerprint density at radius 3 is 2.47 bits per heavy atom. The Morgan fingerprint density at radius 2 is 1.79 bits per heavy atom. The summed E-state index contributed by atoms with van der Waals surface area (Å²) < 4.78 is 54.6. The van der Waals surface area contributed by atoms with Crippen molar-refractivity contribution in [3.8, 4) is 5.75 Å². The summed E-state index contributed by atoms with van der Waals surface area (Å²) in [5.41, 5.74) is 0.797. The van der Waals surface area contributed by atoms with E-state index in [-0.39, 0.29) is 59.5 Å². The number of rotatable bonds is 8. The molecule has 0 aromatic heterocycles. The lowest BCUT2D eigenvalue weighted by atomic mass is 10.0. The minimum absolute atomic E-state index is 0.116. The van der Waals surface area contributed by atoms with E-state index in [0.29, 0.717) is 18.6 Å². The molecule has 254 valence electrons. The van der Waals surface area contributed by atoms with Gasteiger partial charge in [-0.3, -0.25) is 14.3 Å². The zero-order chi connectivity index (χ0) is 34.1. The monoisotopic (exact) mass is 669 g/mol. The van der Waals surface area contributed by atoms with E-state index in [4.69, 9.17) is 9.47 Å². The molecule has 2 N–H and O–H groups in total. The van der Waals surface area contributed by atoms with Crippen LogP contribution in [-0.2, 0) is 14.8 Å². The smallest absolute Gasteiger partial charge is 0.261 e. The molecule has 0 radical (unpaired) electrons. The van der Waals surface area contributed by atoms with Crippen molar-refractivity contribution >= 4 is 27.5 Å². The molecule has 0 unspecified atom stereocenters. The largest absolute Gasteiger partial charge is 0.490 e. The minimum Gasteiger partial charge on any atom is -0.490 e. The molecule has 47 heavy (non-hydrogen) atoms. The van der Waals surface area contributed by atoms with Crippen molar-refractivity contribution in [2.24, 2.45) is 5.92 Å². The van der Waals surface area contributed by atoms with Gasteiger partial charge in [-0.15, -0.1) is 0 Å². The van der Waals surface area contributed by atoms with Crippen LogP contribution in [0.2, 0.25) is 0 Å². The predicted molar refractivity (Wildman–Crippen MR) is 177 cm³/mol. The number of hydrogen-bond donors (Lipinski definition) is 2. The average Bonchev–Trinajstić information content (AvgIpc) is 3.06. The maximum Gasteiger partial charge on any atom is 0.261 e. The van der Waals surface area contributed by atoms with E-state index in [9.17, 15) is 27.5 Å². The van der Waals surface area contributed by atoms with Gasteiger partial charge in [0.1, 0.15) is 11.6 Å². The lowest BCUT2D eigenvalue weighted by molar-refractivity contribution is -0.0149. The molecule has 12 heteroatoms. The van der Waals surface area contributed by atoms with Crippen LogP contribution in [-0.4, -0.2) is 86.7 Å². The van der Waals surface area contributed by atoms with E-state index in [1.165, 1.54) is 17.0 Å². The molecule has 0 aliphatic carbocycles. The van der Waals surface area contributed by atoms with Crippen LogP contribution in [0.4, 0.5) is 10.1 Å². The molecule has 1 aliphatic heterocycles. The Hall–Kier alpha value is -4.00. The van der Waals surface area contributed by atoms with Crippen LogP contribution in [0, 0.1) is 11.7 Å². The zero-order valence-corrected chi connectivity index (χ0v) is 28.1. The van der Waals surface area contributed by atoms with E-state index in [1.54, 1.807) is 37.1 Å². The van der Waals surface area contributed by atoms with Gasteiger partial charge in [0.25, 0.3) is 21.8 Å². The predicted octanol–water partition coefficient (Wildman–Crippen LogP) is 5.19. The third-order valence-electron chi connectivity index (χ3n) is 8.25. The highest BCUT2D eigenvalue weighted by molar-refractivity contribution is 7.92. The molecule has 1 aliphatic rings. The van der Waals surface area contributed by atoms with Crippen molar-refractivity contribution in [3.63, 3.8) is 0 Å². The summed E-state index contributed by atoms with van der Waals surface area (Å²) in [6, 6.07) is 17.3. The number of hydrogen-bond acceptors (Lipinski definition) is 7. The fourth-order valence-electron chi connectivity index (χ4n) is 5.43. The molecule has 0 saturated heterocycles. The van der Waals surface area contributed by atoms with Crippen molar-refractivity contribution in [1.29, 1.82) is 0 Å². The average molecular weight is 670 g/mol. The number of carbonyl (C=O) groups excluding carboxylic acids is 2. The van der Waals surface area contributed by atoms with Gasteiger partial charge in [-0.05, 0) is 87.7 Å². The first-order chi connectivity index (χ1) is 22.4. The van der Waals surface area contributed by atoms with E-state index in [0.717, 1.165) is 37.1 Å². The highest BCUT2D eigenvalue weighted by Gasteiger charge is 2.31. The molecule has 0 saturated carbocycles. The number of likely N-dealkylation sites (N-methyl/N-ethyl adjacent to an activating group) is 1. The number of amides is 2. The van der Waals surface area contributed by atoms with Crippen LogP contribution in [0.5, 0.6) is 5.75 Å². The van der Waals surface area contributed by atoms with Gasteiger partial charge in [0, 0.05) is 43.9 Å². The third-order valence-corrected chi connectivity index (χ3v) is 9.65. The summed E-state index contributed by atoms with van der Waals surface area (Å²) in [5, 5.41) is 10.2. The first kappa shape index (κ1) is 35.8. The second kappa shape index (κ2) is 16.2. The Kier molecular flexibility index (Phi) is 12.4. The lowest BCUT2D eigenvalue weighted by Gasteiger charge is -2.36. The molecule has 1 heterocycles. The van der Waals surface area contributed by atoms with Gasteiger partial charge in [-0.2, -0.15) is 0 Å². The standard InChI is InChI=1S/C35H44FN3O7S/c1-24-21-39(25(2)23-40)35(42)31-20-29(37-47(43,44)30-16-13-28(36)14-17-30)15-18-32(31)46-26(3)10-8-9-19-45-33(24)22-38(4)34(41)27-11-6-5-7-12-27/h5-7,11-18,20,24-26,33,37,40H,8-10,19,21-23H2,1-4H3/t24-,25+,26+,33+/m1/s1. The number of anilines is 1. The molecule has 4 rings (SSSR count). The highest BCUT2D eigenvalue weighted by Crippen LogP contribution is 2.29. The molecular weight excluding hydrogens is 625 g/mol. The Labute approximate surface area is 276 Å². The van der Waals surface area contributed by atoms with Gasteiger partial charge in [0.05, 0.1) is 35.3 Å². The number of carbonyl (C=O) groups is 2. The van der Waals surface area contributed by atoms with Gasteiger partial charge < -0.3 is 24.4 Å². The zero-order valence-electron chi connectivity index (χ0n) is 27.3. The molecule has 3 aromatic carbocycles. The summed E-state index contributed by atoms with van der Waals surface area (Å²) in [6.07, 6.45) is 1.56. The van der Waals surface area contributed by atoms with Crippen molar-refractivity contribution in [1.82, 2.24) is 9.80 Å². The SMILES string of the molecule is C[C@@H]1CN([C@@H](C)CO)C(=O)c2cc(NS(=O)(=O)c3ccc(F)cc3)ccc2O[C@@H](C)CCCCO[C@H]1CN(C)C(=O)c1ccccc1. The summed E-state index contributed by atoms with van der Waals surface area (Å²) in [7, 11) is -2.37. The van der Waals surface area contributed by atoms with Gasteiger partial charge in [0.2, 0.25) is 0 Å². The number of sulfonamides is 1. The number of benzene rings is 3. The highest BCUT2D eigenvalue weighted by atomic mass is 32.2. The number of ether oxygens (including phenoxy) is 2. The molecular formula is C35H44FN3O7S. The van der Waals surface area contributed by atoms with Gasteiger partial charge in [0.15, 0.2) is 0 Å². The Balaban J connectivity index is 1.66. The van der Waals surface area contributed by atoms with Crippen LogP contribution < -0.4 is 9.46 Å². The molecule has 2 amide bonds. The fraction of sp³-hybridized carbons (Fsp3) is 0.429. The van der Waals surface area contributed by atoms with Gasteiger partial charge in [-0.25, -0.2) is 12.8 Å². The van der Waals surface area contributed by atoms with E-state index < -0.39 is 33.9 Å². The molecule has 10 nitrogen and oxygen atoms in total. The Morgan fingerprint density at radius 1 is 1.09 bits per heavy atom. The van der Waals surface area contributed by atoms with Crippen LogP contribution in [0.25, 0.3) is 0 Å². The van der Waals surface area contributed by atoms with E-state index >= 15 is 0 Å².